The highest BCUT2D eigenvalue weighted by Gasteiger charge is 2.27. The third-order valence-corrected chi connectivity index (χ3v) is 5.71. The maximum atomic E-state index is 13.0. The van der Waals surface area contributed by atoms with Crippen LogP contribution < -0.4 is 15.0 Å². The molecule has 0 bridgehead atoms. The predicted molar refractivity (Wildman–Crippen MR) is 137 cm³/mol. The van der Waals surface area contributed by atoms with Crippen molar-refractivity contribution in [3.8, 4) is 17.0 Å². The lowest BCUT2D eigenvalue weighted by atomic mass is 10.1. The molecule has 0 fully saturated rings. The lowest BCUT2D eigenvalue weighted by Gasteiger charge is -2.28. The van der Waals surface area contributed by atoms with Gasteiger partial charge in [-0.15, -0.1) is 0 Å². The van der Waals surface area contributed by atoms with E-state index < -0.39 is 0 Å². The zero-order valence-corrected chi connectivity index (χ0v) is 19.9. The zero-order chi connectivity index (χ0) is 25.1. The lowest BCUT2D eigenvalue weighted by molar-refractivity contribution is 0.0827. The Morgan fingerprint density at radius 3 is 2.44 bits per heavy atom. The van der Waals surface area contributed by atoms with E-state index in [-0.39, 0.29) is 11.8 Å². The van der Waals surface area contributed by atoms with Crippen molar-refractivity contribution in [3.63, 3.8) is 0 Å². The van der Waals surface area contributed by atoms with Gasteiger partial charge in [0.2, 0.25) is 5.88 Å². The number of nitrogens with zero attached hydrogens (tertiary/aromatic N) is 5. The summed E-state index contributed by atoms with van der Waals surface area (Å²) in [6.45, 7) is 0.762. The number of carbonyl (C=O) groups is 2. The molecule has 0 saturated carbocycles. The van der Waals surface area contributed by atoms with E-state index in [0.717, 1.165) is 11.1 Å². The number of anilines is 3. The third-order valence-electron chi connectivity index (χ3n) is 5.71. The summed E-state index contributed by atoms with van der Waals surface area (Å²) >= 11 is 0. The van der Waals surface area contributed by atoms with Gasteiger partial charge in [0.1, 0.15) is 23.8 Å². The summed E-state index contributed by atoms with van der Waals surface area (Å²) in [4.78, 5) is 41.4. The second-order valence-electron chi connectivity index (χ2n) is 8.40. The fourth-order valence-electron chi connectivity index (χ4n) is 3.86. The molecular formula is C27H24N6O3. The first kappa shape index (κ1) is 23.0. The molecule has 0 saturated heterocycles. The molecule has 1 N–H and O–H groups in total. The molecule has 0 radical (unpaired) electrons. The number of aromatic nitrogens is 3. The molecule has 9 heteroatoms. The molecule has 1 aliphatic heterocycles. The predicted octanol–water partition coefficient (Wildman–Crippen LogP) is 4.02. The van der Waals surface area contributed by atoms with E-state index in [1.165, 1.54) is 0 Å². The maximum absolute atomic E-state index is 13.0. The summed E-state index contributed by atoms with van der Waals surface area (Å²) in [7, 11) is 3.46. The van der Waals surface area contributed by atoms with Crippen molar-refractivity contribution in [2.45, 2.75) is 0 Å². The summed E-state index contributed by atoms with van der Waals surface area (Å²) in [5, 5.41) is 3.24. The zero-order valence-electron chi connectivity index (χ0n) is 19.9. The second kappa shape index (κ2) is 9.83. The number of ether oxygens (including phenoxy) is 1. The summed E-state index contributed by atoms with van der Waals surface area (Å²) in [5.41, 5.74) is 4.12. The van der Waals surface area contributed by atoms with Crippen LogP contribution >= 0.6 is 0 Å². The molecule has 0 atom stereocenters. The van der Waals surface area contributed by atoms with Crippen LogP contribution in [0.2, 0.25) is 0 Å². The Bertz CT molecular complexity index is 1390. The van der Waals surface area contributed by atoms with Crippen LogP contribution in [-0.4, -0.2) is 58.9 Å². The van der Waals surface area contributed by atoms with Crippen molar-refractivity contribution in [2.24, 2.45) is 0 Å². The minimum atomic E-state index is -0.208. The Kier molecular flexibility index (Phi) is 6.27. The van der Waals surface area contributed by atoms with Crippen LogP contribution in [0.15, 0.2) is 79.3 Å². The molecule has 2 amide bonds. The van der Waals surface area contributed by atoms with Gasteiger partial charge in [-0.25, -0.2) is 9.97 Å². The number of hydrogen-bond acceptors (Lipinski definition) is 7. The summed E-state index contributed by atoms with van der Waals surface area (Å²) < 4.78 is 5.65. The molecule has 3 aromatic heterocycles. The molecule has 4 heterocycles. The highest BCUT2D eigenvalue weighted by atomic mass is 16.5. The highest BCUT2D eigenvalue weighted by molar-refractivity contribution is 6.06. The van der Waals surface area contributed by atoms with Gasteiger partial charge >= 0.3 is 0 Å². The fourth-order valence-corrected chi connectivity index (χ4v) is 3.86. The Morgan fingerprint density at radius 1 is 0.944 bits per heavy atom. The molecule has 0 unspecified atom stereocenters. The second-order valence-corrected chi connectivity index (χ2v) is 8.40. The first-order chi connectivity index (χ1) is 17.5. The van der Waals surface area contributed by atoms with Crippen molar-refractivity contribution >= 4 is 29.0 Å². The van der Waals surface area contributed by atoms with E-state index in [2.05, 4.69) is 20.3 Å². The summed E-state index contributed by atoms with van der Waals surface area (Å²) in [6.07, 6.45) is 5.00. The average molecular weight is 481 g/mol. The van der Waals surface area contributed by atoms with Gasteiger partial charge in [0, 0.05) is 37.6 Å². The Hall–Kier alpha value is -4.79. The Labute approximate surface area is 208 Å². The van der Waals surface area contributed by atoms with Crippen LogP contribution in [0.1, 0.15) is 20.8 Å². The fraction of sp³-hybridized carbons (Fsp3) is 0.148. The molecule has 0 spiro atoms. The van der Waals surface area contributed by atoms with Crippen LogP contribution in [0.4, 0.5) is 17.2 Å². The van der Waals surface area contributed by atoms with Gasteiger partial charge in [0.05, 0.1) is 18.4 Å². The standard InChI is InChI=1S/C27H24N6O3/c1-32(2)26(34)19-8-6-18(7-9-19)20-10-11-24(29-16-20)31-21-15-23-25(30-17-21)36-14-13-33(23)27(35)22-5-3-4-12-28-22/h3-12,15-17H,13-14H2,1-2H3,(H,29,31). The Balaban J connectivity index is 1.33. The monoisotopic (exact) mass is 480 g/mol. The third kappa shape index (κ3) is 4.72. The molecule has 5 rings (SSSR count). The van der Waals surface area contributed by atoms with E-state index in [9.17, 15) is 9.59 Å². The first-order valence-electron chi connectivity index (χ1n) is 11.4. The largest absolute Gasteiger partial charge is 0.474 e. The van der Waals surface area contributed by atoms with Crippen molar-refractivity contribution < 1.29 is 14.3 Å². The van der Waals surface area contributed by atoms with E-state index >= 15 is 0 Å². The van der Waals surface area contributed by atoms with E-state index in [1.54, 1.807) is 60.7 Å². The maximum Gasteiger partial charge on any atom is 0.277 e. The van der Waals surface area contributed by atoms with Crippen molar-refractivity contribution in [3.05, 3.63) is 90.5 Å². The van der Waals surface area contributed by atoms with Gasteiger partial charge in [-0.2, -0.15) is 0 Å². The molecule has 1 aromatic carbocycles. The molecule has 36 heavy (non-hydrogen) atoms. The number of rotatable bonds is 5. The van der Waals surface area contributed by atoms with Gasteiger partial charge in [-0.05, 0) is 48.0 Å². The summed E-state index contributed by atoms with van der Waals surface area (Å²) in [6, 6.07) is 18.3. The van der Waals surface area contributed by atoms with E-state index in [0.29, 0.717) is 47.5 Å². The number of nitrogens with one attached hydrogen (secondary N) is 1. The van der Waals surface area contributed by atoms with Crippen molar-refractivity contribution in [2.75, 3.05) is 37.5 Å². The lowest BCUT2D eigenvalue weighted by Crippen LogP contribution is -2.38. The van der Waals surface area contributed by atoms with Crippen LogP contribution in [0.5, 0.6) is 5.88 Å². The highest BCUT2D eigenvalue weighted by Crippen LogP contribution is 2.33. The van der Waals surface area contributed by atoms with Crippen LogP contribution in [0, 0.1) is 0 Å². The van der Waals surface area contributed by atoms with Crippen LogP contribution in [0.25, 0.3) is 11.1 Å². The van der Waals surface area contributed by atoms with Gasteiger partial charge in [0.25, 0.3) is 11.8 Å². The van der Waals surface area contributed by atoms with Crippen molar-refractivity contribution in [1.29, 1.82) is 0 Å². The van der Waals surface area contributed by atoms with Gasteiger partial charge in [0.15, 0.2) is 0 Å². The minimum absolute atomic E-state index is 0.0384. The molecular weight excluding hydrogens is 456 g/mol. The van der Waals surface area contributed by atoms with Crippen LogP contribution in [-0.2, 0) is 0 Å². The van der Waals surface area contributed by atoms with Crippen molar-refractivity contribution in [1.82, 2.24) is 19.9 Å². The molecule has 9 nitrogen and oxygen atoms in total. The number of hydrogen-bond donors (Lipinski definition) is 1. The normalized spacial score (nSPS) is 12.3. The van der Waals surface area contributed by atoms with E-state index in [4.69, 9.17) is 4.74 Å². The average Bonchev–Trinajstić information content (AvgIpc) is 2.93. The minimum Gasteiger partial charge on any atom is -0.474 e. The number of pyridine rings is 3. The SMILES string of the molecule is CN(C)C(=O)c1ccc(-c2ccc(Nc3cnc4c(c3)N(C(=O)c3ccccn3)CCO4)nc2)cc1. The number of carbonyl (C=O) groups excluding carboxylic acids is 2. The topological polar surface area (TPSA) is 101 Å². The van der Waals surface area contributed by atoms with Gasteiger partial charge in [-0.3, -0.25) is 19.5 Å². The van der Waals surface area contributed by atoms with Gasteiger partial charge < -0.3 is 15.0 Å². The molecule has 0 aliphatic carbocycles. The Morgan fingerprint density at radius 2 is 1.75 bits per heavy atom. The van der Waals surface area contributed by atoms with Crippen LogP contribution in [0.3, 0.4) is 0 Å². The molecule has 1 aliphatic rings. The number of amides is 2. The summed E-state index contributed by atoms with van der Waals surface area (Å²) in [5.74, 6) is 0.776. The van der Waals surface area contributed by atoms with Gasteiger partial charge in [-0.1, -0.05) is 18.2 Å². The molecule has 4 aromatic rings. The number of benzene rings is 1. The molecule has 180 valence electrons. The number of fused-ring (bicyclic) bond motifs is 1. The quantitative estimate of drug-likeness (QED) is 0.460. The van der Waals surface area contributed by atoms with E-state index in [1.807, 2.05) is 42.5 Å². The first-order valence-corrected chi connectivity index (χ1v) is 11.4. The smallest absolute Gasteiger partial charge is 0.277 e.